The highest BCUT2D eigenvalue weighted by Gasteiger charge is 2.32. The van der Waals surface area contributed by atoms with Gasteiger partial charge in [0.2, 0.25) is 10.0 Å². The molecule has 0 atom stereocenters. The Morgan fingerprint density at radius 1 is 0.968 bits per heavy atom. The molecule has 9 nitrogen and oxygen atoms in total. The smallest absolute Gasteiger partial charge is 0.424 e. The molecular formula is C21H31NO8S. The number of amides is 1. The van der Waals surface area contributed by atoms with E-state index in [0.717, 1.165) is 5.56 Å². The van der Waals surface area contributed by atoms with E-state index >= 15 is 0 Å². The highest BCUT2D eigenvalue weighted by molar-refractivity contribution is 7.89. The summed E-state index contributed by atoms with van der Waals surface area (Å²) in [5, 5.41) is 0. The fourth-order valence-corrected chi connectivity index (χ4v) is 3.71. The van der Waals surface area contributed by atoms with Crippen LogP contribution in [0.25, 0.3) is 0 Å². The molecule has 0 N–H and O–H groups in total. The van der Waals surface area contributed by atoms with Crippen LogP contribution >= 0.6 is 0 Å². The minimum atomic E-state index is -4.15. The lowest BCUT2D eigenvalue weighted by Gasteiger charge is -2.26. The lowest BCUT2D eigenvalue weighted by Crippen LogP contribution is -2.42. The van der Waals surface area contributed by atoms with Crippen LogP contribution in [0, 0.1) is 0 Å². The van der Waals surface area contributed by atoms with Crippen molar-refractivity contribution in [1.82, 2.24) is 4.31 Å². The van der Waals surface area contributed by atoms with Crippen LogP contribution < -0.4 is 0 Å². The quantitative estimate of drug-likeness (QED) is 0.368. The molecule has 0 spiro atoms. The molecule has 0 saturated carbocycles. The van der Waals surface area contributed by atoms with Crippen LogP contribution in [0.2, 0.25) is 0 Å². The van der Waals surface area contributed by atoms with Crippen molar-refractivity contribution in [2.24, 2.45) is 0 Å². The number of ether oxygens (including phenoxy) is 3. The molecule has 0 saturated heterocycles. The van der Waals surface area contributed by atoms with Crippen molar-refractivity contribution in [3.05, 3.63) is 35.9 Å². The predicted molar refractivity (Wildman–Crippen MR) is 113 cm³/mol. The Labute approximate surface area is 183 Å². The van der Waals surface area contributed by atoms with Crippen LogP contribution in [-0.4, -0.2) is 55.3 Å². The van der Waals surface area contributed by atoms with E-state index < -0.39 is 45.8 Å². The fraction of sp³-hybridized carbons (Fsp3) is 0.571. The van der Waals surface area contributed by atoms with Gasteiger partial charge in [-0.15, -0.1) is 0 Å². The van der Waals surface area contributed by atoms with E-state index in [9.17, 15) is 22.8 Å². The molecule has 0 radical (unpaired) electrons. The standard InChI is InChI=1S/C21H31NO8S/c1-5-28-19(24)13-15-31(26,27)22(20(25)30-21(2,3)4)14-9-12-18(23)29-16-17-10-7-6-8-11-17/h6-8,10-11H,5,9,12-16H2,1-4H3. The van der Waals surface area contributed by atoms with Gasteiger partial charge < -0.3 is 14.2 Å². The Morgan fingerprint density at radius 3 is 2.16 bits per heavy atom. The van der Waals surface area contributed by atoms with Crippen molar-refractivity contribution in [1.29, 1.82) is 0 Å². The molecule has 1 aromatic carbocycles. The van der Waals surface area contributed by atoms with E-state index in [1.807, 2.05) is 30.3 Å². The molecule has 1 amide bonds. The van der Waals surface area contributed by atoms with Crippen LogP contribution in [0.4, 0.5) is 4.79 Å². The molecule has 0 heterocycles. The second kappa shape index (κ2) is 12.3. The Balaban J connectivity index is 2.69. The van der Waals surface area contributed by atoms with Gasteiger partial charge in [-0.25, -0.2) is 17.5 Å². The van der Waals surface area contributed by atoms with E-state index in [-0.39, 0.29) is 32.6 Å². The number of nitrogens with zero attached hydrogens (tertiary/aromatic N) is 1. The van der Waals surface area contributed by atoms with Gasteiger partial charge in [-0.2, -0.15) is 0 Å². The van der Waals surface area contributed by atoms with Crippen molar-refractivity contribution >= 4 is 28.1 Å². The highest BCUT2D eigenvalue weighted by atomic mass is 32.2. The van der Waals surface area contributed by atoms with E-state index in [4.69, 9.17) is 14.2 Å². The summed E-state index contributed by atoms with van der Waals surface area (Å²) >= 11 is 0. The van der Waals surface area contributed by atoms with E-state index in [1.54, 1.807) is 27.7 Å². The number of carbonyl (C=O) groups excluding carboxylic acids is 3. The molecule has 1 aromatic rings. The fourth-order valence-electron chi connectivity index (χ4n) is 2.39. The molecule has 1 rings (SSSR count). The first-order chi connectivity index (χ1) is 14.4. The molecule has 31 heavy (non-hydrogen) atoms. The van der Waals surface area contributed by atoms with Gasteiger partial charge in [0.05, 0.1) is 18.8 Å². The third-order valence-electron chi connectivity index (χ3n) is 3.79. The number of rotatable bonds is 11. The summed E-state index contributed by atoms with van der Waals surface area (Å²) in [5.74, 6) is -1.81. The zero-order valence-electron chi connectivity index (χ0n) is 18.5. The normalized spacial score (nSPS) is 11.5. The van der Waals surface area contributed by atoms with Gasteiger partial charge in [-0.3, -0.25) is 9.59 Å². The average Bonchev–Trinajstić information content (AvgIpc) is 2.67. The van der Waals surface area contributed by atoms with E-state index in [0.29, 0.717) is 4.31 Å². The second-order valence-corrected chi connectivity index (χ2v) is 9.69. The third-order valence-corrected chi connectivity index (χ3v) is 5.51. The maximum Gasteiger partial charge on any atom is 0.424 e. The summed E-state index contributed by atoms with van der Waals surface area (Å²) in [7, 11) is -4.15. The molecule has 0 fully saturated rings. The van der Waals surface area contributed by atoms with Crippen LogP contribution in [0.15, 0.2) is 30.3 Å². The monoisotopic (exact) mass is 457 g/mol. The Hall–Kier alpha value is -2.62. The van der Waals surface area contributed by atoms with Crippen LogP contribution in [0.1, 0.15) is 52.5 Å². The predicted octanol–water partition coefficient (Wildman–Crippen LogP) is 3.03. The van der Waals surface area contributed by atoms with Crippen molar-refractivity contribution < 1.29 is 37.0 Å². The number of hydrogen-bond donors (Lipinski definition) is 0. The maximum atomic E-state index is 12.7. The lowest BCUT2D eigenvalue weighted by molar-refractivity contribution is -0.145. The molecule has 0 aliphatic heterocycles. The zero-order valence-corrected chi connectivity index (χ0v) is 19.3. The van der Waals surface area contributed by atoms with E-state index in [2.05, 4.69) is 0 Å². The van der Waals surface area contributed by atoms with Gasteiger partial charge >= 0.3 is 18.0 Å². The van der Waals surface area contributed by atoms with Gasteiger partial charge in [0, 0.05) is 13.0 Å². The van der Waals surface area contributed by atoms with Crippen molar-refractivity contribution in [3.63, 3.8) is 0 Å². The van der Waals surface area contributed by atoms with Gasteiger partial charge in [-0.1, -0.05) is 30.3 Å². The highest BCUT2D eigenvalue weighted by Crippen LogP contribution is 2.15. The molecule has 0 aromatic heterocycles. The van der Waals surface area contributed by atoms with Crippen LogP contribution in [0.3, 0.4) is 0 Å². The first-order valence-electron chi connectivity index (χ1n) is 10.0. The summed E-state index contributed by atoms with van der Waals surface area (Å²) in [6.07, 6.45) is -1.49. The summed E-state index contributed by atoms with van der Waals surface area (Å²) in [6, 6.07) is 9.12. The number of esters is 2. The zero-order chi connectivity index (χ0) is 23.5. The SMILES string of the molecule is CCOC(=O)CCS(=O)(=O)N(CCCC(=O)OCc1ccccc1)C(=O)OC(C)(C)C. The Bertz CT molecular complexity index is 831. The Kier molecular flexibility index (Phi) is 10.5. The Morgan fingerprint density at radius 2 is 1.58 bits per heavy atom. The van der Waals surface area contributed by atoms with E-state index in [1.165, 1.54) is 0 Å². The van der Waals surface area contributed by atoms with Crippen molar-refractivity contribution in [2.75, 3.05) is 18.9 Å². The first kappa shape index (κ1) is 26.4. The van der Waals surface area contributed by atoms with Gasteiger partial charge in [0.15, 0.2) is 0 Å². The maximum absolute atomic E-state index is 12.7. The number of benzene rings is 1. The number of carbonyl (C=O) groups is 3. The molecule has 0 bridgehead atoms. The second-order valence-electron chi connectivity index (χ2n) is 7.67. The third kappa shape index (κ3) is 10.8. The van der Waals surface area contributed by atoms with Crippen LogP contribution in [-0.2, 0) is 40.4 Å². The van der Waals surface area contributed by atoms with Gasteiger partial charge in [-0.05, 0) is 39.7 Å². The topological polar surface area (TPSA) is 116 Å². The van der Waals surface area contributed by atoms with Crippen LogP contribution in [0.5, 0.6) is 0 Å². The minimum absolute atomic E-state index is 0.0471. The minimum Gasteiger partial charge on any atom is -0.466 e. The molecule has 0 aliphatic carbocycles. The summed E-state index contributed by atoms with van der Waals surface area (Å²) < 4.78 is 40.9. The van der Waals surface area contributed by atoms with Gasteiger partial charge in [0.1, 0.15) is 12.2 Å². The first-order valence-corrected chi connectivity index (χ1v) is 11.6. The van der Waals surface area contributed by atoms with Gasteiger partial charge in [0.25, 0.3) is 0 Å². The molecule has 0 aliphatic rings. The average molecular weight is 458 g/mol. The van der Waals surface area contributed by atoms with Crippen molar-refractivity contribution in [2.45, 2.75) is 59.2 Å². The number of sulfonamides is 1. The molecular weight excluding hydrogens is 426 g/mol. The number of hydrogen-bond acceptors (Lipinski definition) is 8. The molecule has 0 unspecified atom stereocenters. The summed E-state index contributed by atoms with van der Waals surface area (Å²) in [4.78, 5) is 35.9. The summed E-state index contributed by atoms with van der Waals surface area (Å²) in [5.41, 5.74) is -0.0894. The largest absolute Gasteiger partial charge is 0.466 e. The van der Waals surface area contributed by atoms with Crippen molar-refractivity contribution in [3.8, 4) is 0 Å². The molecule has 174 valence electrons. The molecule has 10 heteroatoms. The summed E-state index contributed by atoms with van der Waals surface area (Å²) in [6.45, 7) is 6.38. The lowest BCUT2D eigenvalue weighted by atomic mass is 10.2.